The van der Waals surface area contributed by atoms with E-state index < -0.39 is 5.97 Å². The molecular weight excluding hydrogens is 332 g/mol. The average molecular weight is 352 g/mol. The number of rotatable bonds is 6. The summed E-state index contributed by atoms with van der Waals surface area (Å²) in [6, 6.07) is 6.73. The number of nitrogens with zero attached hydrogens (tertiary/aromatic N) is 5. The minimum atomic E-state index is -1.00. The molecule has 0 radical (unpaired) electrons. The molecule has 2 N–H and O–H groups in total. The number of nitrogens with one attached hydrogen (secondary N) is 1. The van der Waals surface area contributed by atoms with E-state index in [1.165, 1.54) is 18.3 Å². The van der Waals surface area contributed by atoms with Gasteiger partial charge < -0.3 is 10.4 Å². The Bertz CT molecular complexity index is 937. The van der Waals surface area contributed by atoms with Crippen molar-refractivity contribution >= 4 is 11.9 Å². The fourth-order valence-electron chi connectivity index (χ4n) is 2.66. The third-order valence-electron chi connectivity index (χ3n) is 3.85. The Kier molecular flexibility index (Phi) is 4.92. The SMILES string of the molecule is Cc1cc(C)n(C[C@H](C)Nc2nccc(-c3cc(C(=O)O)ccn3)n2)n1. The van der Waals surface area contributed by atoms with E-state index in [1.54, 1.807) is 12.3 Å². The van der Waals surface area contributed by atoms with E-state index in [0.29, 0.717) is 23.9 Å². The van der Waals surface area contributed by atoms with Crippen molar-refractivity contribution in [1.82, 2.24) is 24.7 Å². The summed E-state index contributed by atoms with van der Waals surface area (Å²) in [6.07, 6.45) is 3.08. The molecule has 0 saturated carbocycles. The quantitative estimate of drug-likeness (QED) is 0.702. The summed E-state index contributed by atoms with van der Waals surface area (Å²) in [5.41, 5.74) is 3.30. The van der Waals surface area contributed by atoms with Gasteiger partial charge in [-0.1, -0.05) is 0 Å². The molecule has 0 amide bonds. The van der Waals surface area contributed by atoms with E-state index in [2.05, 4.69) is 25.4 Å². The lowest BCUT2D eigenvalue weighted by molar-refractivity contribution is 0.0697. The number of hydrogen-bond acceptors (Lipinski definition) is 6. The van der Waals surface area contributed by atoms with Crippen molar-refractivity contribution in [3.63, 3.8) is 0 Å². The third-order valence-corrected chi connectivity index (χ3v) is 3.85. The van der Waals surface area contributed by atoms with Gasteiger partial charge in [0.15, 0.2) is 0 Å². The van der Waals surface area contributed by atoms with E-state index in [9.17, 15) is 4.79 Å². The molecule has 3 heterocycles. The predicted octanol–water partition coefficient (Wildman–Crippen LogP) is 2.55. The van der Waals surface area contributed by atoms with Crippen molar-refractivity contribution in [2.75, 3.05) is 5.32 Å². The van der Waals surface area contributed by atoms with Gasteiger partial charge in [-0.3, -0.25) is 9.67 Å². The van der Waals surface area contributed by atoms with Crippen LogP contribution in [0.1, 0.15) is 28.7 Å². The van der Waals surface area contributed by atoms with Crippen LogP contribution >= 0.6 is 0 Å². The van der Waals surface area contributed by atoms with Crippen LogP contribution < -0.4 is 5.32 Å². The van der Waals surface area contributed by atoms with Crippen LogP contribution in [0.2, 0.25) is 0 Å². The number of hydrogen-bond donors (Lipinski definition) is 2. The van der Waals surface area contributed by atoms with Gasteiger partial charge in [0.25, 0.3) is 0 Å². The third kappa shape index (κ3) is 4.02. The first kappa shape index (κ1) is 17.5. The van der Waals surface area contributed by atoms with Crippen LogP contribution in [0.3, 0.4) is 0 Å². The molecule has 0 bridgehead atoms. The van der Waals surface area contributed by atoms with Crippen LogP contribution in [-0.4, -0.2) is 41.9 Å². The molecule has 26 heavy (non-hydrogen) atoms. The minimum absolute atomic E-state index is 0.0570. The summed E-state index contributed by atoms with van der Waals surface area (Å²) < 4.78 is 1.94. The Morgan fingerprint density at radius 3 is 2.65 bits per heavy atom. The van der Waals surface area contributed by atoms with Crippen molar-refractivity contribution in [1.29, 1.82) is 0 Å². The standard InChI is InChI=1S/C18H20N6O2/c1-11-8-13(3)24(23-11)10-12(2)21-18-20-7-5-15(22-18)16-9-14(17(25)26)4-6-19-16/h4-9,12H,10H2,1-3H3,(H,25,26)(H,20,21,22)/t12-/m0/s1. The summed E-state index contributed by atoms with van der Waals surface area (Å²) >= 11 is 0. The van der Waals surface area contributed by atoms with Crippen LogP contribution in [0, 0.1) is 13.8 Å². The van der Waals surface area contributed by atoms with Gasteiger partial charge in [0.05, 0.1) is 29.2 Å². The van der Waals surface area contributed by atoms with Gasteiger partial charge in [-0.2, -0.15) is 5.10 Å². The Labute approximate surface area is 151 Å². The summed E-state index contributed by atoms with van der Waals surface area (Å²) in [5.74, 6) is -0.543. The molecule has 8 heteroatoms. The Balaban J connectivity index is 1.76. The molecule has 8 nitrogen and oxygen atoms in total. The number of carboxylic acid groups (broad SMARTS) is 1. The first-order valence-electron chi connectivity index (χ1n) is 8.22. The summed E-state index contributed by atoms with van der Waals surface area (Å²) in [4.78, 5) is 24.0. The topological polar surface area (TPSA) is 106 Å². The summed E-state index contributed by atoms with van der Waals surface area (Å²) in [7, 11) is 0. The zero-order chi connectivity index (χ0) is 18.7. The van der Waals surface area contributed by atoms with Crippen LogP contribution in [0.15, 0.2) is 36.7 Å². The van der Waals surface area contributed by atoms with Crippen LogP contribution in [0.4, 0.5) is 5.95 Å². The normalized spacial score (nSPS) is 12.0. The van der Waals surface area contributed by atoms with Gasteiger partial charge in [-0.15, -0.1) is 0 Å². The number of aromatic carboxylic acids is 1. The molecule has 3 aromatic rings. The monoisotopic (exact) mass is 352 g/mol. The lowest BCUT2D eigenvalue weighted by Gasteiger charge is -2.15. The van der Waals surface area contributed by atoms with Crippen LogP contribution in [0.25, 0.3) is 11.4 Å². The molecule has 0 fully saturated rings. The van der Waals surface area contributed by atoms with E-state index in [4.69, 9.17) is 5.11 Å². The van der Waals surface area contributed by atoms with Crippen LogP contribution in [0.5, 0.6) is 0 Å². The predicted molar refractivity (Wildman–Crippen MR) is 97.0 cm³/mol. The highest BCUT2D eigenvalue weighted by Crippen LogP contribution is 2.17. The van der Waals surface area contributed by atoms with Gasteiger partial charge in [-0.05, 0) is 45.0 Å². The zero-order valence-electron chi connectivity index (χ0n) is 14.8. The highest BCUT2D eigenvalue weighted by Gasteiger charge is 2.11. The molecule has 3 rings (SSSR count). The molecule has 134 valence electrons. The van der Waals surface area contributed by atoms with Crippen molar-refractivity contribution in [3.05, 3.63) is 53.6 Å². The van der Waals surface area contributed by atoms with Crippen molar-refractivity contribution < 1.29 is 9.90 Å². The molecule has 0 aliphatic heterocycles. The molecular formula is C18H20N6O2. The highest BCUT2D eigenvalue weighted by molar-refractivity contribution is 5.88. The number of carbonyl (C=O) groups is 1. The molecule has 0 aliphatic rings. The fourth-order valence-corrected chi connectivity index (χ4v) is 2.66. The van der Waals surface area contributed by atoms with Gasteiger partial charge in [-0.25, -0.2) is 14.8 Å². The molecule has 1 atom stereocenters. The average Bonchev–Trinajstić information content (AvgIpc) is 2.92. The number of pyridine rings is 1. The maximum Gasteiger partial charge on any atom is 0.335 e. The fraction of sp³-hybridized carbons (Fsp3) is 0.278. The van der Waals surface area contributed by atoms with E-state index in [0.717, 1.165) is 11.4 Å². The van der Waals surface area contributed by atoms with Crippen molar-refractivity contribution in [2.24, 2.45) is 0 Å². The number of carboxylic acids is 1. The first-order valence-corrected chi connectivity index (χ1v) is 8.22. The second-order valence-electron chi connectivity index (χ2n) is 6.15. The number of aromatic nitrogens is 5. The second kappa shape index (κ2) is 7.30. The molecule has 0 aliphatic carbocycles. The molecule has 0 spiro atoms. The van der Waals surface area contributed by atoms with Gasteiger partial charge in [0.1, 0.15) is 0 Å². The maximum atomic E-state index is 11.1. The van der Waals surface area contributed by atoms with E-state index in [1.807, 2.05) is 31.5 Å². The van der Waals surface area contributed by atoms with Gasteiger partial charge >= 0.3 is 5.97 Å². The van der Waals surface area contributed by atoms with E-state index >= 15 is 0 Å². The highest BCUT2D eigenvalue weighted by atomic mass is 16.4. The molecule has 0 unspecified atom stereocenters. The summed E-state index contributed by atoms with van der Waals surface area (Å²) in [5, 5.41) is 16.8. The maximum absolute atomic E-state index is 11.1. The largest absolute Gasteiger partial charge is 0.478 e. The Hall–Kier alpha value is -3.29. The van der Waals surface area contributed by atoms with Crippen LogP contribution in [-0.2, 0) is 6.54 Å². The number of anilines is 1. The first-order chi connectivity index (χ1) is 12.4. The zero-order valence-corrected chi connectivity index (χ0v) is 14.8. The van der Waals surface area contributed by atoms with Gasteiger partial charge in [0.2, 0.25) is 5.95 Å². The molecule has 0 saturated heterocycles. The van der Waals surface area contributed by atoms with E-state index in [-0.39, 0.29) is 11.6 Å². The van der Waals surface area contributed by atoms with Gasteiger partial charge in [0, 0.05) is 24.1 Å². The molecule has 3 aromatic heterocycles. The van der Waals surface area contributed by atoms with Crippen molar-refractivity contribution in [3.8, 4) is 11.4 Å². The minimum Gasteiger partial charge on any atom is -0.478 e. The second-order valence-corrected chi connectivity index (χ2v) is 6.15. The Morgan fingerprint density at radius 1 is 1.19 bits per heavy atom. The lowest BCUT2D eigenvalue weighted by Crippen LogP contribution is -2.24. The number of aryl methyl sites for hydroxylation is 2. The molecule has 0 aromatic carbocycles. The smallest absolute Gasteiger partial charge is 0.335 e. The Morgan fingerprint density at radius 2 is 1.96 bits per heavy atom. The lowest BCUT2D eigenvalue weighted by atomic mass is 10.2. The summed E-state index contributed by atoms with van der Waals surface area (Å²) in [6.45, 7) is 6.69. The van der Waals surface area contributed by atoms with Crippen molar-refractivity contribution in [2.45, 2.75) is 33.4 Å².